The molecule has 4 atom stereocenters. The summed E-state index contributed by atoms with van der Waals surface area (Å²) in [7, 11) is -1.83. The van der Waals surface area contributed by atoms with Crippen LogP contribution in [0, 0.1) is 5.92 Å². The smallest absolute Gasteiger partial charge is 0.192 e. The molecule has 0 aromatic heterocycles. The summed E-state index contributed by atoms with van der Waals surface area (Å²) in [5, 5.41) is 0.160. The highest BCUT2D eigenvalue weighted by Crippen LogP contribution is 2.40. The molecule has 0 saturated carbocycles. The van der Waals surface area contributed by atoms with Gasteiger partial charge in [0.25, 0.3) is 0 Å². The lowest BCUT2D eigenvalue weighted by molar-refractivity contribution is -0.156. The SMILES string of the molecule is CC1(C)O[C@@H]2[C@@H](CC=O)CO[C@H](CO[Si](C)(C)C(C)(C)C)[C@H]2O1. The number of fused-ring (bicyclic) bond motifs is 1. The van der Waals surface area contributed by atoms with Gasteiger partial charge in [0.1, 0.15) is 18.5 Å². The minimum absolute atomic E-state index is 0.0587. The van der Waals surface area contributed by atoms with E-state index >= 15 is 0 Å². The molecule has 2 heterocycles. The topological polar surface area (TPSA) is 54.0 Å². The Hall–Kier alpha value is -0.273. The lowest BCUT2D eigenvalue weighted by atomic mass is 9.90. The van der Waals surface area contributed by atoms with E-state index in [0.717, 1.165) is 6.29 Å². The third-order valence-corrected chi connectivity index (χ3v) is 9.83. The van der Waals surface area contributed by atoms with Gasteiger partial charge in [-0.05, 0) is 32.0 Å². The molecule has 5 nitrogen and oxygen atoms in total. The summed E-state index contributed by atoms with van der Waals surface area (Å²) < 4.78 is 24.4. The summed E-state index contributed by atoms with van der Waals surface area (Å²) >= 11 is 0. The molecule has 2 aliphatic rings. The van der Waals surface area contributed by atoms with Crippen LogP contribution >= 0.6 is 0 Å². The minimum Gasteiger partial charge on any atom is -0.414 e. The van der Waals surface area contributed by atoms with E-state index in [1.807, 2.05) is 13.8 Å². The van der Waals surface area contributed by atoms with Gasteiger partial charge in [0.05, 0.1) is 19.3 Å². The number of rotatable bonds is 5. The van der Waals surface area contributed by atoms with Crippen molar-refractivity contribution >= 4 is 14.6 Å². The van der Waals surface area contributed by atoms with Crippen molar-refractivity contribution in [1.29, 1.82) is 0 Å². The Balaban J connectivity index is 2.05. The van der Waals surface area contributed by atoms with Gasteiger partial charge < -0.3 is 23.4 Å². The highest BCUT2D eigenvalue weighted by molar-refractivity contribution is 6.74. The lowest BCUT2D eigenvalue weighted by Crippen LogP contribution is -2.52. The molecule has 0 spiro atoms. The maximum Gasteiger partial charge on any atom is 0.192 e. The fraction of sp³-hybridized carbons (Fsp3) is 0.941. The van der Waals surface area contributed by atoms with E-state index in [1.54, 1.807) is 0 Å². The first kappa shape index (κ1) is 19.1. The molecule has 2 rings (SSSR count). The van der Waals surface area contributed by atoms with Gasteiger partial charge in [0, 0.05) is 12.3 Å². The van der Waals surface area contributed by atoms with Gasteiger partial charge in [-0.15, -0.1) is 0 Å². The van der Waals surface area contributed by atoms with Crippen LogP contribution in [0.4, 0.5) is 0 Å². The maximum absolute atomic E-state index is 10.9. The second-order valence-corrected chi connectivity index (χ2v) is 13.5. The van der Waals surface area contributed by atoms with Gasteiger partial charge in [0.15, 0.2) is 14.1 Å². The van der Waals surface area contributed by atoms with Crippen molar-refractivity contribution in [3.05, 3.63) is 0 Å². The van der Waals surface area contributed by atoms with Gasteiger partial charge in [0.2, 0.25) is 0 Å². The van der Waals surface area contributed by atoms with Crippen molar-refractivity contribution in [2.45, 2.75) is 83.3 Å². The van der Waals surface area contributed by atoms with Crippen LogP contribution in [-0.2, 0) is 23.4 Å². The molecule has 0 amide bonds. The normalized spacial score (nSPS) is 34.2. The van der Waals surface area contributed by atoms with Crippen molar-refractivity contribution in [3.8, 4) is 0 Å². The second-order valence-electron chi connectivity index (χ2n) is 8.67. The van der Waals surface area contributed by atoms with Crippen molar-refractivity contribution < 1.29 is 23.4 Å². The molecule has 0 bridgehead atoms. The number of carbonyl (C=O) groups is 1. The summed E-state index contributed by atoms with van der Waals surface area (Å²) in [6.45, 7) is 16.0. The molecular formula is C17H32O5Si. The van der Waals surface area contributed by atoms with Gasteiger partial charge in [-0.25, -0.2) is 0 Å². The Morgan fingerprint density at radius 1 is 1.22 bits per heavy atom. The summed E-state index contributed by atoms with van der Waals surface area (Å²) in [4.78, 5) is 10.9. The summed E-state index contributed by atoms with van der Waals surface area (Å²) in [6, 6.07) is 0. The zero-order chi connectivity index (χ0) is 17.5. The van der Waals surface area contributed by atoms with Crippen LogP contribution in [0.3, 0.4) is 0 Å². The third-order valence-electron chi connectivity index (χ3n) is 5.33. The Morgan fingerprint density at radius 3 is 2.39 bits per heavy atom. The predicted octanol–water partition coefficient (Wildman–Crippen LogP) is 3.13. The first-order chi connectivity index (χ1) is 10.5. The van der Waals surface area contributed by atoms with E-state index < -0.39 is 14.1 Å². The number of ether oxygens (including phenoxy) is 3. The summed E-state index contributed by atoms with van der Waals surface area (Å²) in [6.07, 6.45) is 0.965. The lowest BCUT2D eigenvalue weighted by Gasteiger charge is -2.40. The van der Waals surface area contributed by atoms with Crippen LogP contribution < -0.4 is 0 Å². The van der Waals surface area contributed by atoms with E-state index in [2.05, 4.69) is 33.9 Å². The van der Waals surface area contributed by atoms with Crippen LogP contribution in [-0.4, -0.2) is 51.9 Å². The Morgan fingerprint density at radius 2 is 1.83 bits per heavy atom. The molecule has 2 aliphatic heterocycles. The molecule has 2 fully saturated rings. The first-order valence-corrected chi connectivity index (χ1v) is 11.4. The van der Waals surface area contributed by atoms with Crippen LogP contribution in [0.5, 0.6) is 0 Å². The number of carbonyl (C=O) groups excluding carboxylic acids is 1. The predicted molar refractivity (Wildman–Crippen MR) is 90.9 cm³/mol. The van der Waals surface area contributed by atoms with E-state index in [-0.39, 0.29) is 29.3 Å². The van der Waals surface area contributed by atoms with Crippen molar-refractivity contribution in [2.75, 3.05) is 13.2 Å². The van der Waals surface area contributed by atoms with Gasteiger partial charge in [-0.1, -0.05) is 20.8 Å². The largest absolute Gasteiger partial charge is 0.414 e. The van der Waals surface area contributed by atoms with Crippen molar-refractivity contribution in [1.82, 2.24) is 0 Å². The van der Waals surface area contributed by atoms with Gasteiger partial charge >= 0.3 is 0 Å². The van der Waals surface area contributed by atoms with E-state index in [1.165, 1.54) is 0 Å². The quantitative estimate of drug-likeness (QED) is 0.566. The van der Waals surface area contributed by atoms with E-state index in [4.69, 9.17) is 18.6 Å². The monoisotopic (exact) mass is 344 g/mol. The van der Waals surface area contributed by atoms with Crippen molar-refractivity contribution in [2.24, 2.45) is 5.92 Å². The summed E-state index contributed by atoms with van der Waals surface area (Å²) in [5.41, 5.74) is 0. The molecule has 0 unspecified atom stereocenters. The molecule has 0 N–H and O–H groups in total. The molecule has 2 saturated heterocycles. The van der Waals surface area contributed by atoms with Gasteiger partial charge in [-0.2, -0.15) is 0 Å². The minimum atomic E-state index is -1.83. The van der Waals surface area contributed by atoms with Crippen LogP contribution in [0.15, 0.2) is 0 Å². The van der Waals surface area contributed by atoms with Crippen LogP contribution in [0.2, 0.25) is 18.1 Å². The highest BCUT2D eigenvalue weighted by Gasteiger charge is 2.52. The van der Waals surface area contributed by atoms with E-state index in [0.29, 0.717) is 19.6 Å². The first-order valence-electron chi connectivity index (χ1n) is 8.52. The molecule has 23 heavy (non-hydrogen) atoms. The fourth-order valence-electron chi connectivity index (χ4n) is 2.88. The highest BCUT2D eigenvalue weighted by atomic mass is 28.4. The molecule has 0 aliphatic carbocycles. The fourth-order valence-corrected chi connectivity index (χ4v) is 3.90. The zero-order valence-corrected chi connectivity index (χ0v) is 16.5. The number of hydrogen-bond acceptors (Lipinski definition) is 5. The average molecular weight is 345 g/mol. The molecule has 134 valence electrons. The third kappa shape index (κ3) is 4.23. The van der Waals surface area contributed by atoms with Crippen molar-refractivity contribution in [3.63, 3.8) is 0 Å². The summed E-state index contributed by atoms with van der Waals surface area (Å²) in [5.74, 6) is -0.581. The number of hydrogen-bond donors (Lipinski definition) is 0. The molecule has 6 heteroatoms. The maximum atomic E-state index is 10.9. The van der Waals surface area contributed by atoms with Crippen LogP contribution in [0.25, 0.3) is 0 Å². The molecule has 0 radical (unpaired) electrons. The average Bonchev–Trinajstić information content (AvgIpc) is 2.72. The Bertz CT molecular complexity index is 429. The van der Waals surface area contributed by atoms with Gasteiger partial charge in [-0.3, -0.25) is 0 Å². The van der Waals surface area contributed by atoms with E-state index in [9.17, 15) is 4.79 Å². The molecule has 0 aromatic carbocycles. The standard InChI is InChI=1S/C17H32O5Si/c1-16(2,3)23(6,7)20-11-13-15-14(21-17(4,5)22-15)12(8-9-18)10-19-13/h9,12-15H,8,10-11H2,1-7H3/t12-,13+,14+,15+/m0/s1. The Labute approximate surface area is 141 Å². The van der Waals surface area contributed by atoms with Crippen LogP contribution in [0.1, 0.15) is 41.0 Å². The number of aldehydes is 1. The Kier molecular flexibility index (Phi) is 5.43. The zero-order valence-electron chi connectivity index (χ0n) is 15.5. The second kappa shape index (κ2) is 6.56. The molecular weight excluding hydrogens is 312 g/mol. The molecule has 0 aromatic rings.